The van der Waals surface area contributed by atoms with E-state index in [0.717, 1.165) is 0 Å². The molecule has 1 aliphatic heterocycles. The Labute approximate surface area is 115 Å². The Morgan fingerprint density at radius 2 is 0.833 bits per heavy atom. The first-order valence-corrected chi connectivity index (χ1v) is 7.45. The highest BCUT2D eigenvalue weighted by molar-refractivity contribution is 5.11. The molecule has 0 N–H and O–H groups in total. The van der Waals surface area contributed by atoms with Crippen LogP contribution in [-0.4, -0.2) is 24.0 Å². The summed E-state index contributed by atoms with van der Waals surface area (Å²) in [6, 6.07) is 1.17. The molecule has 0 bridgehead atoms. The third-order valence-corrected chi connectivity index (χ3v) is 8.09. The molecule has 2 atom stereocenters. The topological polar surface area (TPSA) is 3.24 Å². The summed E-state index contributed by atoms with van der Waals surface area (Å²) in [7, 11) is 2.30. The fourth-order valence-electron chi connectivity index (χ4n) is 4.01. The predicted molar refractivity (Wildman–Crippen MR) is 81.8 cm³/mol. The zero-order chi connectivity index (χ0) is 14.7. The third-order valence-electron chi connectivity index (χ3n) is 8.09. The number of nitrogens with zero attached hydrogens (tertiary/aromatic N) is 1. The summed E-state index contributed by atoms with van der Waals surface area (Å²) in [4.78, 5) is 2.59. The van der Waals surface area contributed by atoms with Crippen molar-refractivity contribution in [3.63, 3.8) is 0 Å². The van der Waals surface area contributed by atoms with E-state index in [4.69, 9.17) is 0 Å². The van der Waals surface area contributed by atoms with Crippen LogP contribution in [0, 0.1) is 21.7 Å². The maximum Gasteiger partial charge on any atom is 0.0123 e. The molecule has 1 heterocycles. The normalized spacial score (nSPS) is 38.2. The van der Waals surface area contributed by atoms with Gasteiger partial charge in [-0.05, 0) is 42.6 Å². The molecule has 0 aliphatic carbocycles. The molecule has 1 heteroatoms. The van der Waals surface area contributed by atoms with Gasteiger partial charge in [-0.3, -0.25) is 4.90 Å². The van der Waals surface area contributed by atoms with E-state index in [1.807, 2.05) is 0 Å². The first-order valence-electron chi connectivity index (χ1n) is 7.45. The van der Waals surface area contributed by atoms with E-state index in [-0.39, 0.29) is 21.7 Å². The lowest BCUT2D eigenvalue weighted by Crippen LogP contribution is -2.53. The summed E-state index contributed by atoms with van der Waals surface area (Å²) in [6.45, 7) is 24.5. The van der Waals surface area contributed by atoms with Crippen LogP contribution in [-0.2, 0) is 0 Å². The monoisotopic (exact) mass is 253 g/mol. The highest BCUT2D eigenvalue weighted by Gasteiger charge is 2.61. The number of hydrogen-bond acceptors (Lipinski definition) is 1. The fourth-order valence-corrected chi connectivity index (χ4v) is 4.01. The summed E-state index contributed by atoms with van der Waals surface area (Å²) < 4.78 is 0. The molecular formula is C17H35N. The highest BCUT2D eigenvalue weighted by atomic mass is 15.2. The average molecular weight is 253 g/mol. The molecule has 18 heavy (non-hydrogen) atoms. The SMILES string of the molecule is CC1N(C)C(C)C(C)(C)C(C)(C)C(C)(C)C1(C)C. The Bertz CT molecular complexity index is 291. The van der Waals surface area contributed by atoms with E-state index in [1.165, 1.54) is 0 Å². The average Bonchev–Trinajstić information content (AvgIpc) is 2.24. The molecule has 1 nitrogen and oxygen atoms in total. The maximum absolute atomic E-state index is 2.59. The molecule has 0 saturated carbocycles. The van der Waals surface area contributed by atoms with Gasteiger partial charge in [0.25, 0.3) is 0 Å². The summed E-state index contributed by atoms with van der Waals surface area (Å²) in [5.74, 6) is 0. The van der Waals surface area contributed by atoms with Crippen LogP contribution in [0.4, 0.5) is 0 Å². The predicted octanol–water partition coefficient (Wildman–Crippen LogP) is 4.81. The van der Waals surface area contributed by atoms with Crippen LogP contribution in [0.15, 0.2) is 0 Å². The van der Waals surface area contributed by atoms with Crippen LogP contribution >= 0.6 is 0 Å². The quantitative estimate of drug-likeness (QED) is 0.598. The largest absolute Gasteiger partial charge is 0.300 e. The maximum atomic E-state index is 2.59. The Hall–Kier alpha value is -0.0400. The van der Waals surface area contributed by atoms with Crippen LogP contribution in [0.3, 0.4) is 0 Å². The van der Waals surface area contributed by atoms with Gasteiger partial charge >= 0.3 is 0 Å². The van der Waals surface area contributed by atoms with Crippen molar-refractivity contribution in [3.05, 3.63) is 0 Å². The smallest absolute Gasteiger partial charge is 0.0123 e. The second kappa shape index (κ2) is 3.98. The molecule has 0 aromatic heterocycles. The van der Waals surface area contributed by atoms with Gasteiger partial charge in [0.1, 0.15) is 0 Å². The first-order chi connectivity index (χ1) is 7.73. The summed E-state index contributed by atoms with van der Waals surface area (Å²) in [5.41, 5.74) is 1.13. The molecule has 0 amide bonds. The van der Waals surface area contributed by atoms with E-state index < -0.39 is 0 Å². The minimum atomic E-state index is 0.280. The van der Waals surface area contributed by atoms with Gasteiger partial charge < -0.3 is 0 Å². The highest BCUT2D eigenvalue weighted by Crippen LogP contribution is 2.64. The lowest BCUT2D eigenvalue weighted by atomic mass is 9.46. The summed E-state index contributed by atoms with van der Waals surface area (Å²) in [6.07, 6.45) is 0. The number of hydrogen-bond donors (Lipinski definition) is 0. The van der Waals surface area contributed by atoms with E-state index in [1.54, 1.807) is 0 Å². The van der Waals surface area contributed by atoms with Crippen molar-refractivity contribution in [3.8, 4) is 0 Å². The molecule has 0 radical (unpaired) electrons. The van der Waals surface area contributed by atoms with Crippen LogP contribution in [0.25, 0.3) is 0 Å². The van der Waals surface area contributed by atoms with Gasteiger partial charge in [-0.1, -0.05) is 55.4 Å². The van der Waals surface area contributed by atoms with Gasteiger partial charge in [-0.25, -0.2) is 0 Å². The van der Waals surface area contributed by atoms with E-state index in [2.05, 4.69) is 81.2 Å². The van der Waals surface area contributed by atoms with Crippen LogP contribution in [0.1, 0.15) is 69.2 Å². The molecule has 0 spiro atoms. The molecule has 0 aromatic rings. The summed E-state index contributed by atoms with van der Waals surface area (Å²) >= 11 is 0. The van der Waals surface area contributed by atoms with E-state index >= 15 is 0 Å². The van der Waals surface area contributed by atoms with Crippen molar-refractivity contribution in [2.75, 3.05) is 7.05 Å². The third kappa shape index (κ3) is 1.62. The van der Waals surface area contributed by atoms with Crippen LogP contribution in [0.5, 0.6) is 0 Å². The van der Waals surface area contributed by atoms with Crippen molar-refractivity contribution in [2.24, 2.45) is 21.7 Å². The Morgan fingerprint density at radius 1 is 0.611 bits per heavy atom. The molecule has 108 valence electrons. The molecule has 1 saturated heterocycles. The molecule has 1 aliphatic rings. The number of rotatable bonds is 0. The first kappa shape index (κ1) is 16.0. The number of likely N-dealkylation sites (tertiary alicyclic amines) is 1. The van der Waals surface area contributed by atoms with Gasteiger partial charge in [-0.2, -0.15) is 0 Å². The molecule has 1 fully saturated rings. The Morgan fingerprint density at radius 3 is 1.06 bits per heavy atom. The molecule has 1 rings (SSSR count). The van der Waals surface area contributed by atoms with Gasteiger partial charge in [0, 0.05) is 12.1 Å². The zero-order valence-corrected chi connectivity index (χ0v) is 14.6. The van der Waals surface area contributed by atoms with E-state index in [9.17, 15) is 0 Å². The van der Waals surface area contributed by atoms with Gasteiger partial charge in [0.2, 0.25) is 0 Å². The van der Waals surface area contributed by atoms with Crippen molar-refractivity contribution >= 4 is 0 Å². The Kier molecular flexibility index (Phi) is 3.54. The van der Waals surface area contributed by atoms with Crippen molar-refractivity contribution in [1.82, 2.24) is 4.90 Å². The minimum Gasteiger partial charge on any atom is -0.300 e. The standard InChI is InChI=1S/C17H35N/c1-12-14(3,4)16(7,8)17(9,10)15(5,6)13(2)18(12)11/h12-13H,1-11H3. The van der Waals surface area contributed by atoms with Gasteiger partial charge in [0.15, 0.2) is 0 Å². The lowest BCUT2D eigenvalue weighted by molar-refractivity contribution is -0.0856. The summed E-state index contributed by atoms with van der Waals surface area (Å²) in [5, 5.41) is 0. The van der Waals surface area contributed by atoms with Gasteiger partial charge in [-0.15, -0.1) is 0 Å². The van der Waals surface area contributed by atoms with Gasteiger partial charge in [0.05, 0.1) is 0 Å². The van der Waals surface area contributed by atoms with Crippen molar-refractivity contribution in [2.45, 2.75) is 81.3 Å². The van der Waals surface area contributed by atoms with E-state index in [0.29, 0.717) is 12.1 Å². The van der Waals surface area contributed by atoms with Crippen molar-refractivity contribution < 1.29 is 0 Å². The molecule has 0 aromatic carbocycles. The molecule has 2 unspecified atom stereocenters. The second-order valence-electron chi connectivity index (χ2n) is 8.71. The minimum absolute atomic E-state index is 0.280. The second-order valence-corrected chi connectivity index (χ2v) is 8.71. The molecular weight excluding hydrogens is 218 g/mol. The lowest BCUT2D eigenvalue weighted by Gasteiger charge is -2.58. The van der Waals surface area contributed by atoms with Crippen LogP contribution in [0.2, 0.25) is 0 Å². The van der Waals surface area contributed by atoms with Crippen molar-refractivity contribution in [1.29, 1.82) is 0 Å². The Balaban J connectivity index is 3.55. The van der Waals surface area contributed by atoms with Crippen LogP contribution < -0.4 is 0 Å². The zero-order valence-electron chi connectivity index (χ0n) is 14.6. The fraction of sp³-hybridized carbons (Fsp3) is 1.00.